The maximum atomic E-state index is 16.1. The van der Waals surface area contributed by atoms with Crippen LogP contribution in [0.25, 0.3) is 0 Å². The van der Waals surface area contributed by atoms with Crippen LogP contribution in [0, 0.1) is 29.5 Å². The van der Waals surface area contributed by atoms with E-state index in [2.05, 4.69) is 18.7 Å². The van der Waals surface area contributed by atoms with Crippen LogP contribution in [0.3, 0.4) is 0 Å². The zero-order valence-corrected chi connectivity index (χ0v) is 23.2. The molecular weight excluding hydrogens is 521 g/mol. The predicted octanol–water partition coefficient (Wildman–Crippen LogP) is 0.771. The van der Waals surface area contributed by atoms with Crippen LogP contribution in [0.4, 0.5) is 4.39 Å². The highest BCUT2D eigenvalue weighted by atomic mass is 19.1. The van der Waals surface area contributed by atoms with Gasteiger partial charge < -0.3 is 15.9 Å². The van der Waals surface area contributed by atoms with E-state index in [0.29, 0.717) is 0 Å². The average molecular weight is 558 g/mol. The highest BCUT2D eigenvalue weighted by Crippen LogP contribution is 2.51. The summed E-state index contributed by atoms with van der Waals surface area (Å²) < 4.78 is 16.1. The number of hydrogen-bond donors (Lipinski definition) is 3. The number of amides is 1. The van der Waals surface area contributed by atoms with Crippen molar-refractivity contribution >= 4 is 29.0 Å². The Hall–Kier alpha value is -3.02. The number of aromatic hydroxyl groups is 1. The fourth-order valence-electron chi connectivity index (χ4n) is 7.64. The minimum Gasteiger partial charge on any atom is -0.507 e. The van der Waals surface area contributed by atoms with Crippen molar-refractivity contribution in [2.75, 3.05) is 20.6 Å². The van der Waals surface area contributed by atoms with E-state index in [1.165, 1.54) is 25.1 Å². The standard InChI is InChI=1S/C29H36FN3O7/c1-28(2)7-5-6-8-33(28)12-14-11-17(34)19-15(21(14)30)9-13-10-16-22(32(3)4)24(36)20(27(31)39)26(38)29(16,40)25(37)18(13)23(19)35/h11,13,16,18,20,22,34,40H,5-10,12H2,1-4H3,(H2,31,39)/t13-,16-,18?,20?,22-,29-/m0/s1. The van der Waals surface area contributed by atoms with E-state index in [1.807, 2.05) is 0 Å². The number of fused-ring (bicyclic) bond motifs is 3. The van der Waals surface area contributed by atoms with Gasteiger partial charge in [-0.15, -0.1) is 0 Å². The van der Waals surface area contributed by atoms with Gasteiger partial charge in [0.15, 0.2) is 34.7 Å². The van der Waals surface area contributed by atoms with Crippen LogP contribution in [0.2, 0.25) is 0 Å². The van der Waals surface area contributed by atoms with Crippen LogP contribution in [0.5, 0.6) is 5.75 Å². The third-order valence-corrected chi connectivity index (χ3v) is 9.75. The number of hydrogen-bond acceptors (Lipinski definition) is 9. The zero-order valence-electron chi connectivity index (χ0n) is 23.2. The molecule has 1 aromatic carbocycles. The lowest BCUT2D eigenvalue weighted by molar-refractivity contribution is -0.181. The Bertz CT molecular complexity index is 1340. The first-order valence-corrected chi connectivity index (χ1v) is 13.8. The molecule has 2 saturated carbocycles. The summed E-state index contributed by atoms with van der Waals surface area (Å²) in [5.41, 5.74) is 2.28. The topological polar surface area (TPSA) is 158 Å². The van der Waals surface area contributed by atoms with Gasteiger partial charge in [-0.05, 0) is 72.2 Å². The monoisotopic (exact) mass is 557 g/mol. The number of phenolic OH excluding ortho intramolecular Hbond substituents is 1. The number of carbonyl (C=O) groups is 5. The molecule has 2 unspecified atom stereocenters. The number of phenols is 1. The van der Waals surface area contributed by atoms with Crippen molar-refractivity contribution in [1.82, 2.24) is 9.80 Å². The van der Waals surface area contributed by atoms with E-state index >= 15 is 4.39 Å². The van der Waals surface area contributed by atoms with Gasteiger partial charge in [0.25, 0.3) is 0 Å². The summed E-state index contributed by atoms with van der Waals surface area (Å²) in [6, 6.07) is 0.0184. The number of nitrogens with two attached hydrogens (primary N) is 1. The van der Waals surface area contributed by atoms with E-state index in [1.54, 1.807) is 0 Å². The second kappa shape index (κ2) is 9.53. The molecule has 1 heterocycles. The largest absolute Gasteiger partial charge is 0.507 e. The van der Waals surface area contributed by atoms with Crippen molar-refractivity contribution in [3.63, 3.8) is 0 Å². The average Bonchev–Trinajstić information content (AvgIpc) is 2.85. The number of primary amides is 1. The van der Waals surface area contributed by atoms with Crippen molar-refractivity contribution in [1.29, 1.82) is 0 Å². The fraction of sp³-hybridized carbons (Fsp3) is 0.621. The van der Waals surface area contributed by atoms with Crippen LogP contribution < -0.4 is 5.73 Å². The van der Waals surface area contributed by atoms with Crippen LogP contribution >= 0.6 is 0 Å². The molecule has 10 nitrogen and oxygen atoms in total. The molecule has 1 aliphatic heterocycles. The summed E-state index contributed by atoms with van der Waals surface area (Å²) in [5.74, 6) is -12.2. The molecule has 216 valence electrons. The molecule has 4 N–H and O–H groups in total. The second-order valence-electron chi connectivity index (χ2n) is 12.7. The number of likely N-dealkylation sites (N-methyl/N-ethyl adjacent to an activating group) is 1. The molecule has 11 heteroatoms. The van der Waals surface area contributed by atoms with Gasteiger partial charge in [0.2, 0.25) is 5.91 Å². The minimum atomic E-state index is -2.80. The second-order valence-corrected chi connectivity index (χ2v) is 12.7. The molecule has 0 spiro atoms. The van der Waals surface area contributed by atoms with E-state index in [9.17, 15) is 34.2 Å². The first kappa shape index (κ1) is 28.5. The fourth-order valence-corrected chi connectivity index (χ4v) is 7.64. The summed E-state index contributed by atoms with van der Waals surface area (Å²) >= 11 is 0. The highest BCUT2D eigenvalue weighted by molar-refractivity contribution is 6.32. The van der Waals surface area contributed by atoms with E-state index < -0.39 is 75.9 Å². The van der Waals surface area contributed by atoms with Crippen molar-refractivity contribution in [2.24, 2.45) is 29.4 Å². The van der Waals surface area contributed by atoms with Gasteiger partial charge in [-0.25, -0.2) is 4.39 Å². The molecule has 0 bridgehead atoms. The predicted molar refractivity (Wildman–Crippen MR) is 140 cm³/mol. The molecule has 6 atom stereocenters. The number of halogens is 1. The van der Waals surface area contributed by atoms with Gasteiger partial charge in [0, 0.05) is 29.1 Å². The molecule has 4 aliphatic rings. The maximum Gasteiger partial charge on any atom is 0.235 e. The molecule has 40 heavy (non-hydrogen) atoms. The Morgan fingerprint density at radius 1 is 1.18 bits per heavy atom. The summed E-state index contributed by atoms with van der Waals surface area (Å²) in [7, 11) is 3.03. The molecule has 3 fully saturated rings. The number of Topliss-reactive ketones (excluding diaryl/α,β-unsaturated/α-hetero) is 4. The Morgan fingerprint density at radius 2 is 1.85 bits per heavy atom. The number of aliphatic hydroxyl groups is 1. The molecule has 0 radical (unpaired) electrons. The summed E-state index contributed by atoms with van der Waals surface area (Å²) in [4.78, 5) is 69.7. The highest BCUT2D eigenvalue weighted by Gasteiger charge is 2.69. The molecule has 1 amide bonds. The van der Waals surface area contributed by atoms with Gasteiger partial charge in [-0.2, -0.15) is 0 Å². The third-order valence-electron chi connectivity index (χ3n) is 9.75. The first-order valence-electron chi connectivity index (χ1n) is 13.8. The lowest BCUT2D eigenvalue weighted by atomic mass is 9.52. The quantitative estimate of drug-likeness (QED) is 0.455. The molecule has 1 aromatic rings. The summed E-state index contributed by atoms with van der Waals surface area (Å²) in [6.45, 7) is 5.18. The van der Waals surface area contributed by atoms with E-state index in [4.69, 9.17) is 5.73 Å². The maximum absolute atomic E-state index is 16.1. The Balaban J connectivity index is 1.57. The number of rotatable bonds is 4. The zero-order chi connectivity index (χ0) is 29.5. The third kappa shape index (κ3) is 3.96. The number of likely N-dealkylation sites (tertiary alicyclic amines) is 1. The van der Waals surface area contributed by atoms with Gasteiger partial charge in [0.05, 0.1) is 17.5 Å². The van der Waals surface area contributed by atoms with Gasteiger partial charge >= 0.3 is 0 Å². The molecule has 3 aliphatic carbocycles. The van der Waals surface area contributed by atoms with Gasteiger partial charge in [-0.1, -0.05) is 6.42 Å². The number of ketones is 4. The normalized spacial score (nSPS) is 33.9. The van der Waals surface area contributed by atoms with Crippen LogP contribution in [0.1, 0.15) is 61.0 Å². The summed E-state index contributed by atoms with van der Waals surface area (Å²) in [5, 5.41) is 22.5. The Kier molecular flexibility index (Phi) is 6.79. The number of piperidine rings is 1. The van der Waals surface area contributed by atoms with Crippen molar-refractivity contribution < 1.29 is 38.6 Å². The van der Waals surface area contributed by atoms with Gasteiger partial charge in [0.1, 0.15) is 11.6 Å². The van der Waals surface area contributed by atoms with E-state index in [-0.39, 0.29) is 41.6 Å². The lowest BCUT2D eigenvalue weighted by Gasteiger charge is -2.52. The van der Waals surface area contributed by atoms with Crippen LogP contribution in [-0.4, -0.2) is 86.9 Å². The molecule has 0 aromatic heterocycles. The lowest BCUT2D eigenvalue weighted by Crippen LogP contribution is -2.74. The van der Waals surface area contributed by atoms with Crippen LogP contribution in [-0.2, 0) is 32.1 Å². The Morgan fingerprint density at radius 3 is 2.45 bits per heavy atom. The number of benzene rings is 1. The molecule has 1 saturated heterocycles. The van der Waals surface area contributed by atoms with Crippen LogP contribution in [0.15, 0.2) is 6.07 Å². The van der Waals surface area contributed by atoms with E-state index in [0.717, 1.165) is 25.8 Å². The minimum absolute atomic E-state index is 0.000756. The van der Waals surface area contributed by atoms with Gasteiger partial charge in [-0.3, -0.25) is 33.8 Å². The SMILES string of the molecule is CN(C)[C@@H]1C(=O)C(C(N)=O)C(=O)[C@@]2(O)C(=O)C3C(=O)c4c(O)cc(CN5CCCCC5(C)C)c(F)c4C[C@H]3C[C@@H]12. The van der Waals surface area contributed by atoms with Crippen molar-refractivity contribution in [3.8, 4) is 5.75 Å². The summed E-state index contributed by atoms with van der Waals surface area (Å²) in [6.07, 6.45) is 2.77. The number of nitrogens with zero attached hydrogens (tertiary/aromatic N) is 2. The van der Waals surface area contributed by atoms with Crippen molar-refractivity contribution in [2.45, 2.75) is 69.7 Å². The first-order chi connectivity index (χ1) is 18.6. The van der Waals surface area contributed by atoms with Crippen molar-refractivity contribution in [3.05, 3.63) is 28.6 Å². The number of carbonyl (C=O) groups excluding carboxylic acids is 5. The molecular formula is C29H36FN3O7. The Labute approximate surface area is 231 Å². The smallest absolute Gasteiger partial charge is 0.235 e. The molecule has 5 rings (SSSR count).